The number of carbonyl (C=O) groups is 2. The van der Waals surface area contributed by atoms with E-state index in [-0.39, 0.29) is 46.5 Å². The fourth-order valence-corrected chi connectivity index (χ4v) is 12.3. The Morgan fingerprint density at radius 3 is 2.35 bits per heavy atom. The maximum atomic E-state index is 14.6. The molecule has 0 radical (unpaired) electrons. The number of hydrogen-bond donors (Lipinski definition) is 3. The Labute approximate surface area is 286 Å². The van der Waals surface area contributed by atoms with Crippen molar-refractivity contribution in [1.82, 2.24) is 15.3 Å². The van der Waals surface area contributed by atoms with Gasteiger partial charge in [0, 0.05) is 24.2 Å². The van der Waals surface area contributed by atoms with Crippen LogP contribution in [-0.2, 0) is 27.8 Å². The van der Waals surface area contributed by atoms with Crippen molar-refractivity contribution >= 4 is 11.9 Å². The molecule has 1 aromatic heterocycles. The minimum absolute atomic E-state index is 0.0134. The van der Waals surface area contributed by atoms with E-state index in [1.807, 2.05) is 30.3 Å². The molecule has 9 atom stereocenters. The molecule has 5 aliphatic carbocycles. The number of amides is 1. The monoisotopic (exact) mass is 653 g/mol. The van der Waals surface area contributed by atoms with Gasteiger partial charge in [-0.2, -0.15) is 0 Å². The van der Waals surface area contributed by atoms with Crippen molar-refractivity contribution in [1.29, 1.82) is 0 Å². The highest BCUT2D eigenvalue weighted by molar-refractivity contribution is 5.88. The number of carboxylic acids is 1. The highest BCUT2D eigenvalue weighted by Gasteiger charge is 2.69. The van der Waals surface area contributed by atoms with Crippen LogP contribution < -0.4 is 5.32 Å². The first-order chi connectivity index (χ1) is 22.6. The Hall–Kier alpha value is -3.06. The number of carbonyl (C=O) groups excluding carboxylic acids is 1. The number of aromatic nitrogens is 2. The molecule has 48 heavy (non-hydrogen) atoms. The zero-order valence-corrected chi connectivity index (χ0v) is 29.8. The molecule has 3 fully saturated rings. The number of hydrogen-bond acceptors (Lipinski definition) is 5. The van der Waals surface area contributed by atoms with Gasteiger partial charge in [0.05, 0.1) is 23.4 Å². The molecule has 1 unspecified atom stereocenters. The normalized spacial score (nSPS) is 40.1. The van der Waals surface area contributed by atoms with Crippen LogP contribution in [0.25, 0.3) is 0 Å². The van der Waals surface area contributed by atoms with Crippen LogP contribution in [0.5, 0.6) is 0 Å². The first-order valence-electron chi connectivity index (χ1n) is 18.3. The number of carboxylic acid groups (broad SMARTS) is 1. The number of nitrogens with one attached hydrogen (secondary N) is 1. The van der Waals surface area contributed by atoms with Crippen molar-refractivity contribution in [3.63, 3.8) is 0 Å². The third-order valence-corrected chi connectivity index (χ3v) is 15.2. The molecule has 7 rings (SSSR count). The van der Waals surface area contributed by atoms with E-state index in [2.05, 4.69) is 52.9 Å². The summed E-state index contributed by atoms with van der Waals surface area (Å²) in [5.41, 5.74) is 3.30. The predicted molar refractivity (Wildman–Crippen MR) is 186 cm³/mol. The molecular weight excluding hydrogens is 598 g/mol. The summed E-state index contributed by atoms with van der Waals surface area (Å²) in [4.78, 5) is 36.8. The zero-order valence-electron chi connectivity index (χ0n) is 29.8. The molecule has 0 spiro atoms. The summed E-state index contributed by atoms with van der Waals surface area (Å²) >= 11 is 0. The van der Waals surface area contributed by atoms with E-state index >= 15 is 0 Å². The number of rotatable bonds is 6. The number of aliphatic hydroxyl groups is 1. The molecule has 7 heteroatoms. The molecule has 2 aromatic rings. The number of benzene rings is 1. The second-order valence-electron chi connectivity index (χ2n) is 18.0. The van der Waals surface area contributed by atoms with E-state index < -0.39 is 22.8 Å². The summed E-state index contributed by atoms with van der Waals surface area (Å²) in [6.45, 7) is 14.5. The lowest BCUT2D eigenvalue weighted by Crippen LogP contribution is -2.66. The van der Waals surface area contributed by atoms with E-state index in [4.69, 9.17) is 9.97 Å². The Morgan fingerprint density at radius 2 is 1.65 bits per heavy atom. The van der Waals surface area contributed by atoms with Crippen LogP contribution in [0, 0.1) is 44.8 Å². The zero-order chi connectivity index (χ0) is 34.3. The maximum absolute atomic E-state index is 14.6. The van der Waals surface area contributed by atoms with Gasteiger partial charge in [-0.1, -0.05) is 83.5 Å². The number of allylic oxidation sites excluding steroid dienone is 2. The molecule has 258 valence electrons. The van der Waals surface area contributed by atoms with Crippen LogP contribution in [0.3, 0.4) is 0 Å². The standard InChI is InChI=1S/C41H55N3O4/c1-36(2)16-18-41(35(48)44-29(34(46)47)22-26-10-8-7-9-11-26)19-17-39(5)27(28(41)23-36)12-13-32-37(3)24-30-33(43-21-20-42-30)38(4,25-45)31(37)14-15-40(32,39)6/h7-12,20-21,28-29,31-32,45H,13-19,22-25H2,1-6H3,(H,44,48)(H,46,47)/t28-,29?,31+,32+,37-,38-,39+,40+,41-/m0/s1. The maximum Gasteiger partial charge on any atom is 0.326 e. The van der Waals surface area contributed by atoms with Crippen molar-refractivity contribution < 1.29 is 19.8 Å². The molecule has 0 bridgehead atoms. The van der Waals surface area contributed by atoms with Gasteiger partial charge in [-0.05, 0) is 103 Å². The summed E-state index contributed by atoms with van der Waals surface area (Å²) in [7, 11) is 0. The quantitative estimate of drug-likeness (QED) is 0.288. The molecule has 0 aliphatic heterocycles. The van der Waals surface area contributed by atoms with Crippen molar-refractivity contribution in [2.45, 2.75) is 117 Å². The minimum atomic E-state index is -0.984. The summed E-state index contributed by atoms with van der Waals surface area (Å²) < 4.78 is 0. The Morgan fingerprint density at radius 1 is 0.938 bits per heavy atom. The van der Waals surface area contributed by atoms with Crippen LogP contribution >= 0.6 is 0 Å². The van der Waals surface area contributed by atoms with E-state index in [1.54, 1.807) is 12.4 Å². The topological polar surface area (TPSA) is 112 Å². The van der Waals surface area contributed by atoms with Crippen molar-refractivity contribution in [2.75, 3.05) is 6.61 Å². The first kappa shape index (κ1) is 33.4. The fraction of sp³-hybridized carbons (Fsp3) is 0.659. The summed E-state index contributed by atoms with van der Waals surface area (Å²) in [5, 5.41) is 24.3. The Kier molecular flexibility index (Phi) is 7.82. The van der Waals surface area contributed by atoms with Crippen molar-refractivity contribution in [3.8, 4) is 0 Å². The largest absolute Gasteiger partial charge is 0.480 e. The Balaban J connectivity index is 1.26. The van der Waals surface area contributed by atoms with Crippen LogP contribution in [-0.4, -0.2) is 44.7 Å². The Bertz CT molecular complexity index is 1640. The second kappa shape index (κ2) is 11.2. The van der Waals surface area contributed by atoms with Crippen molar-refractivity contribution in [2.24, 2.45) is 44.8 Å². The highest BCUT2D eigenvalue weighted by atomic mass is 16.4. The van der Waals surface area contributed by atoms with Gasteiger partial charge in [0.1, 0.15) is 6.04 Å². The molecule has 1 amide bonds. The molecular formula is C41H55N3O4. The average Bonchev–Trinajstić information content (AvgIpc) is 3.04. The first-order valence-corrected chi connectivity index (χ1v) is 18.3. The minimum Gasteiger partial charge on any atom is -0.480 e. The van der Waals surface area contributed by atoms with Crippen molar-refractivity contribution in [3.05, 3.63) is 71.3 Å². The third kappa shape index (κ3) is 4.69. The highest BCUT2D eigenvalue weighted by Crippen LogP contribution is 2.75. The van der Waals surface area contributed by atoms with Gasteiger partial charge in [-0.15, -0.1) is 0 Å². The van der Waals surface area contributed by atoms with Gasteiger partial charge in [0.15, 0.2) is 0 Å². The van der Waals surface area contributed by atoms with Crippen LogP contribution in [0.15, 0.2) is 54.4 Å². The van der Waals surface area contributed by atoms with Gasteiger partial charge in [0.2, 0.25) is 5.91 Å². The smallest absolute Gasteiger partial charge is 0.326 e. The second-order valence-corrected chi connectivity index (χ2v) is 18.0. The average molecular weight is 654 g/mol. The number of nitrogens with zero attached hydrogens (tertiary/aromatic N) is 2. The lowest BCUT2D eigenvalue weighted by atomic mass is 9.33. The van der Waals surface area contributed by atoms with Gasteiger partial charge >= 0.3 is 5.97 Å². The molecule has 3 saturated carbocycles. The molecule has 1 heterocycles. The van der Waals surface area contributed by atoms with Crippen LogP contribution in [0.2, 0.25) is 0 Å². The van der Waals surface area contributed by atoms with Gasteiger partial charge in [-0.25, -0.2) is 4.79 Å². The predicted octanol–water partition coefficient (Wildman–Crippen LogP) is 7.08. The molecule has 3 N–H and O–H groups in total. The lowest BCUT2D eigenvalue weighted by molar-refractivity contribution is -0.172. The van der Waals surface area contributed by atoms with Gasteiger partial charge in [0.25, 0.3) is 0 Å². The number of aliphatic carboxylic acids is 1. The number of fused-ring (bicyclic) bond motifs is 8. The van der Waals surface area contributed by atoms with Gasteiger partial charge < -0.3 is 15.5 Å². The molecule has 7 nitrogen and oxygen atoms in total. The molecule has 0 saturated heterocycles. The van der Waals surface area contributed by atoms with Crippen LogP contribution in [0.4, 0.5) is 0 Å². The number of aliphatic hydroxyl groups excluding tert-OH is 1. The van der Waals surface area contributed by atoms with E-state index in [0.717, 1.165) is 74.7 Å². The van der Waals surface area contributed by atoms with Crippen LogP contribution in [0.1, 0.15) is 110 Å². The van der Waals surface area contributed by atoms with E-state index in [0.29, 0.717) is 11.8 Å². The van der Waals surface area contributed by atoms with Gasteiger partial charge in [-0.3, -0.25) is 14.8 Å². The fourth-order valence-electron chi connectivity index (χ4n) is 12.3. The molecule has 1 aromatic carbocycles. The van der Waals surface area contributed by atoms with E-state index in [1.165, 1.54) is 5.57 Å². The molecule has 5 aliphatic rings. The summed E-state index contributed by atoms with van der Waals surface area (Å²) in [5.74, 6) is -0.273. The third-order valence-electron chi connectivity index (χ3n) is 15.2. The SMILES string of the molecule is CC1(C)CC[C@]2(C(=O)NC(Cc3ccccc3)C(=O)O)CC[C@]3(C)C(=CC[C@@H]4[C@@]5(C)Cc6nccnc6[C@@](C)(CO)[C@@H]5CC[C@]43C)[C@@H]2C1. The lowest BCUT2D eigenvalue weighted by Gasteiger charge is -2.70. The summed E-state index contributed by atoms with van der Waals surface area (Å²) in [6.07, 6.45) is 14.7. The van der Waals surface area contributed by atoms with E-state index in [9.17, 15) is 19.8 Å². The summed E-state index contributed by atoms with van der Waals surface area (Å²) in [6, 6.07) is 8.64.